The molecule has 0 aliphatic carbocycles. The summed E-state index contributed by atoms with van der Waals surface area (Å²) >= 11 is 0. The highest BCUT2D eigenvalue weighted by Gasteiger charge is 2.34. The Balaban J connectivity index is 0.00000121. The first-order valence-electron chi connectivity index (χ1n) is 5.95. The molecule has 2 N–H and O–H groups in total. The summed E-state index contributed by atoms with van der Waals surface area (Å²) in [7, 11) is 0. The number of carboxylic acids is 1. The molecule has 0 aromatic carbocycles. The van der Waals surface area contributed by atoms with Crippen molar-refractivity contribution < 1.29 is 19.8 Å². The number of amides is 1. The van der Waals surface area contributed by atoms with Gasteiger partial charge < -0.3 is 15.1 Å². The van der Waals surface area contributed by atoms with Gasteiger partial charge in [-0.25, -0.2) is 4.79 Å². The number of rotatable bonds is 3. The summed E-state index contributed by atoms with van der Waals surface area (Å²) in [5.74, 6) is -1.53. The number of carbonyl (C=O) groups is 2. The molecule has 0 bridgehead atoms. The van der Waals surface area contributed by atoms with Gasteiger partial charge >= 0.3 is 5.97 Å². The van der Waals surface area contributed by atoms with E-state index in [0.717, 1.165) is 6.54 Å². The molecule has 1 unspecified atom stereocenters. The fourth-order valence-corrected chi connectivity index (χ4v) is 1.73. The largest absolute Gasteiger partial charge is 0.480 e. The van der Waals surface area contributed by atoms with Gasteiger partial charge in [0.1, 0.15) is 12.6 Å². The van der Waals surface area contributed by atoms with E-state index in [1.807, 2.05) is 25.7 Å². The van der Waals surface area contributed by atoms with Gasteiger partial charge in [0.15, 0.2) is 0 Å². The minimum Gasteiger partial charge on any atom is -0.480 e. The van der Waals surface area contributed by atoms with E-state index in [4.69, 9.17) is 10.2 Å². The maximum absolute atomic E-state index is 11.3. The van der Waals surface area contributed by atoms with Gasteiger partial charge in [-0.15, -0.1) is 0 Å². The first-order valence-corrected chi connectivity index (χ1v) is 5.95. The Labute approximate surface area is 102 Å². The third-order valence-electron chi connectivity index (χ3n) is 2.65. The van der Waals surface area contributed by atoms with E-state index in [1.54, 1.807) is 0 Å². The number of nitrogens with zero attached hydrogens (tertiary/aromatic N) is 2. The molecule has 1 rings (SSSR count). The van der Waals surface area contributed by atoms with Crippen molar-refractivity contribution in [2.45, 2.75) is 26.8 Å². The van der Waals surface area contributed by atoms with Crippen LogP contribution >= 0.6 is 0 Å². The molecule has 6 heteroatoms. The van der Waals surface area contributed by atoms with Gasteiger partial charge in [0.05, 0.1) is 0 Å². The van der Waals surface area contributed by atoms with Gasteiger partial charge in [0, 0.05) is 19.6 Å². The van der Waals surface area contributed by atoms with Crippen molar-refractivity contribution in [1.29, 1.82) is 0 Å². The second-order valence-corrected chi connectivity index (χ2v) is 3.49. The molecule has 6 nitrogen and oxygen atoms in total. The number of aliphatic hydroxyl groups is 1. The normalized spacial score (nSPS) is 20.5. The average molecular weight is 246 g/mol. The van der Waals surface area contributed by atoms with Crippen LogP contribution in [-0.4, -0.2) is 70.7 Å². The van der Waals surface area contributed by atoms with E-state index in [-0.39, 0.29) is 0 Å². The summed E-state index contributed by atoms with van der Waals surface area (Å²) < 4.78 is 0. The van der Waals surface area contributed by atoms with Crippen LogP contribution in [0.15, 0.2) is 0 Å². The van der Waals surface area contributed by atoms with Gasteiger partial charge in [-0.05, 0) is 6.54 Å². The van der Waals surface area contributed by atoms with Gasteiger partial charge in [-0.3, -0.25) is 9.69 Å². The van der Waals surface area contributed by atoms with Crippen LogP contribution in [0.2, 0.25) is 0 Å². The topological polar surface area (TPSA) is 81.1 Å². The van der Waals surface area contributed by atoms with E-state index in [9.17, 15) is 9.59 Å². The predicted molar refractivity (Wildman–Crippen MR) is 63.7 cm³/mol. The molecule has 1 amide bonds. The predicted octanol–water partition coefficient (Wildman–Crippen LogP) is -0.378. The van der Waals surface area contributed by atoms with Crippen LogP contribution in [0.4, 0.5) is 0 Å². The van der Waals surface area contributed by atoms with Gasteiger partial charge in [0.2, 0.25) is 5.91 Å². The standard InChI is InChI=1S/C9H16N2O4.C2H6/c1-2-10-3-4-11(8(13)6-12)7(5-10)9(14)15;1-2/h7,12H,2-6H2,1H3,(H,14,15);1-2H3. The molecule has 1 heterocycles. The minimum atomic E-state index is -1.02. The highest BCUT2D eigenvalue weighted by atomic mass is 16.4. The quantitative estimate of drug-likeness (QED) is 0.709. The summed E-state index contributed by atoms with van der Waals surface area (Å²) in [5.41, 5.74) is 0. The molecular formula is C11H22N2O4. The van der Waals surface area contributed by atoms with Crippen LogP contribution < -0.4 is 0 Å². The molecule has 1 fully saturated rings. The lowest BCUT2D eigenvalue weighted by molar-refractivity contribution is -0.154. The van der Waals surface area contributed by atoms with Crippen molar-refractivity contribution in [2.75, 3.05) is 32.8 Å². The number of likely N-dealkylation sites (N-methyl/N-ethyl adjacent to an activating group) is 1. The van der Waals surface area contributed by atoms with E-state index < -0.39 is 24.5 Å². The summed E-state index contributed by atoms with van der Waals surface area (Å²) in [4.78, 5) is 25.4. The van der Waals surface area contributed by atoms with Gasteiger partial charge in [-0.2, -0.15) is 0 Å². The summed E-state index contributed by atoms with van der Waals surface area (Å²) in [6, 6.07) is -0.835. The lowest BCUT2D eigenvalue weighted by atomic mass is 10.1. The van der Waals surface area contributed by atoms with Gasteiger partial charge in [-0.1, -0.05) is 20.8 Å². The van der Waals surface area contributed by atoms with E-state index in [0.29, 0.717) is 19.6 Å². The van der Waals surface area contributed by atoms with Crippen molar-refractivity contribution in [3.8, 4) is 0 Å². The molecule has 1 atom stereocenters. The lowest BCUT2D eigenvalue weighted by Crippen LogP contribution is -2.58. The van der Waals surface area contributed by atoms with Crippen molar-refractivity contribution >= 4 is 11.9 Å². The van der Waals surface area contributed by atoms with E-state index >= 15 is 0 Å². The molecule has 0 radical (unpaired) electrons. The molecule has 0 aromatic rings. The second kappa shape index (κ2) is 8.03. The number of aliphatic hydroxyl groups excluding tert-OH is 1. The minimum absolute atomic E-state index is 0.331. The Morgan fingerprint density at radius 1 is 1.29 bits per heavy atom. The van der Waals surface area contributed by atoms with Crippen LogP contribution in [0, 0.1) is 0 Å². The fourth-order valence-electron chi connectivity index (χ4n) is 1.73. The van der Waals surface area contributed by atoms with Crippen LogP contribution in [0.5, 0.6) is 0 Å². The summed E-state index contributed by atoms with van der Waals surface area (Å²) in [6.07, 6.45) is 0. The number of aliphatic carboxylic acids is 1. The monoisotopic (exact) mass is 246 g/mol. The van der Waals surface area contributed by atoms with E-state index in [1.165, 1.54) is 4.90 Å². The molecule has 0 aromatic heterocycles. The smallest absolute Gasteiger partial charge is 0.327 e. The average Bonchev–Trinajstić information content (AvgIpc) is 2.39. The molecule has 0 saturated carbocycles. The number of carboxylic acid groups (broad SMARTS) is 1. The highest BCUT2D eigenvalue weighted by molar-refractivity contribution is 5.84. The molecule has 100 valence electrons. The van der Waals surface area contributed by atoms with Gasteiger partial charge in [0.25, 0.3) is 0 Å². The zero-order chi connectivity index (χ0) is 13.4. The first-order chi connectivity index (χ1) is 8.10. The zero-order valence-corrected chi connectivity index (χ0v) is 10.7. The Morgan fingerprint density at radius 2 is 1.88 bits per heavy atom. The Hall–Kier alpha value is -1.14. The Kier molecular flexibility index (Phi) is 7.49. The van der Waals surface area contributed by atoms with Crippen molar-refractivity contribution in [1.82, 2.24) is 9.80 Å². The number of piperazine rings is 1. The van der Waals surface area contributed by atoms with Crippen molar-refractivity contribution in [2.24, 2.45) is 0 Å². The summed E-state index contributed by atoms with van der Waals surface area (Å²) in [6.45, 7) is 7.44. The Morgan fingerprint density at radius 3 is 2.29 bits per heavy atom. The molecule has 0 spiro atoms. The van der Waals surface area contributed by atoms with Crippen LogP contribution in [0.1, 0.15) is 20.8 Å². The second-order valence-electron chi connectivity index (χ2n) is 3.49. The summed E-state index contributed by atoms with van der Waals surface area (Å²) in [5, 5.41) is 17.7. The maximum Gasteiger partial charge on any atom is 0.327 e. The van der Waals surface area contributed by atoms with Crippen LogP contribution in [-0.2, 0) is 9.59 Å². The fraction of sp³-hybridized carbons (Fsp3) is 0.818. The van der Waals surface area contributed by atoms with Crippen molar-refractivity contribution in [3.05, 3.63) is 0 Å². The Bertz CT molecular complexity index is 258. The third kappa shape index (κ3) is 4.32. The SMILES string of the molecule is CC.CCN1CCN(C(=O)CO)C(C(=O)O)C1. The van der Waals surface area contributed by atoms with Crippen molar-refractivity contribution in [3.63, 3.8) is 0 Å². The van der Waals surface area contributed by atoms with Crippen LogP contribution in [0.3, 0.4) is 0 Å². The van der Waals surface area contributed by atoms with Crippen LogP contribution in [0.25, 0.3) is 0 Å². The number of carbonyl (C=O) groups excluding carboxylic acids is 1. The lowest BCUT2D eigenvalue weighted by Gasteiger charge is -2.38. The van der Waals surface area contributed by atoms with E-state index in [2.05, 4.69) is 0 Å². The molecule has 1 saturated heterocycles. The molecule has 1 aliphatic heterocycles. The highest BCUT2D eigenvalue weighted by Crippen LogP contribution is 2.10. The zero-order valence-electron chi connectivity index (χ0n) is 10.7. The molecular weight excluding hydrogens is 224 g/mol. The maximum atomic E-state index is 11.3. The molecule has 17 heavy (non-hydrogen) atoms. The number of hydrogen-bond donors (Lipinski definition) is 2. The molecule has 1 aliphatic rings. The third-order valence-corrected chi connectivity index (χ3v) is 2.65. The first kappa shape index (κ1) is 15.9. The number of hydrogen-bond acceptors (Lipinski definition) is 4.